The molecule has 9 heteroatoms. The van der Waals surface area contributed by atoms with Gasteiger partial charge in [0.05, 0.1) is 5.69 Å². The molecule has 9 nitrogen and oxygen atoms in total. The van der Waals surface area contributed by atoms with Crippen LogP contribution in [0.2, 0.25) is 0 Å². The van der Waals surface area contributed by atoms with Crippen LogP contribution in [-0.2, 0) is 19.1 Å². The molecule has 2 rings (SSSR count). The van der Waals surface area contributed by atoms with E-state index in [0.29, 0.717) is 17.7 Å². The molecule has 2 N–H and O–H groups in total. The number of rotatable bonds is 9. The maximum atomic E-state index is 12.6. The molecule has 30 heavy (non-hydrogen) atoms. The number of para-hydroxylation sites is 1. The van der Waals surface area contributed by atoms with E-state index < -0.39 is 42.0 Å². The van der Waals surface area contributed by atoms with Gasteiger partial charge in [-0.05, 0) is 39.3 Å². The molecule has 1 aromatic carbocycles. The Bertz CT molecular complexity index is 868. The van der Waals surface area contributed by atoms with Crippen molar-refractivity contribution < 1.29 is 28.7 Å². The van der Waals surface area contributed by atoms with Gasteiger partial charge in [0.25, 0.3) is 11.8 Å². The van der Waals surface area contributed by atoms with Crippen molar-refractivity contribution in [1.29, 1.82) is 0 Å². The number of imide groups is 1. The van der Waals surface area contributed by atoms with Gasteiger partial charge in [-0.3, -0.25) is 24.1 Å². The van der Waals surface area contributed by atoms with E-state index in [-0.39, 0.29) is 5.78 Å². The number of carbonyl (C=O) groups excluding carboxylic acids is 5. The fourth-order valence-electron chi connectivity index (χ4n) is 3.14. The SMILES string of the molecule is CCCC[C@]1(C)NC(=O)N(CC(=O)O[C@@H](C)C(=O)Nc2ccccc2C(C)=O)C1=O. The van der Waals surface area contributed by atoms with Gasteiger partial charge in [-0.1, -0.05) is 31.9 Å². The molecule has 1 saturated heterocycles. The van der Waals surface area contributed by atoms with Crippen molar-refractivity contribution >= 4 is 35.3 Å². The minimum absolute atomic E-state index is 0.222. The smallest absolute Gasteiger partial charge is 0.327 e. The molecule has 162 valence electrons. The predicted octanol–water partition coefficient (Wildman–Crippen LogP) is 2.26. The normalized spacial score (nSPS) is 19.3. The average Bonchev–Trinajstić information content (AvgIpc) is 2.89. The van der Waals surface area contributed by atoms with E-state index in [0.717, 1.165) is 17.7 Å². The number of ether oxygens (including phenoxy) is 1. The molecular formula is C21H27N3O6. The van der Waals surface area contributed by atoms with Gasteiger partial charge >= 0.3 is 12.0 Å². The molecule has 1 aromatic rings. The number of hydrogen-bond acceptors (Lipinski definition) is 6. The number of hydrogen-bond donors (Lipinski definition) is 2. The number of Topliss-reactive ketones (excluding diaryl/α,β-unsaturated/α-hetero) is 1. The summed E-state index contributed by atoms with van der Waals surface area (Å²) < 4.78 is 5.08. The van der Waals surface area contributed by atoms with Gasteiger partial charge in [-0.25, -0.2) is 4.79 Å². The van der Waals surface area contributed by atoms with Crippen LogP contribution in [0.3, 0.4) is 0 Å². The minimum Gasteiger partial charge on any atom is -0.451 e. The lowest BCUT2D eigenvalue weighted by Gasteiger charge is -2.21. The Morgan fingerprint density at radius 2 is 1.90 bits per heavy atom. The highest BCUT2D eigenvalue weighted by molar-refractivity contribution is 6.08. The second-order valence-corrected chi connectivity index (χ2v) is 7.48. The van der Waals surface area contributed by atoms with Crippen LogP contribution in [0.15, 0.2) is 24.3 Å². The first-order valence-corrected chi connectivity index (χ1v) is 9.83. The van der Waals surface area contributed by atoms with Gasteiger partial charge in [0.2, 0.25) is 0 Å². The highest BCUT2D eigenvalue weighted by Gasteiger charge is 2.48. The number of amides is 4. The second kappa shape index (κ2) is 9.51. The van der Waals surface area contributed by atoms with Crippen LogP contribution in [0.5, 0.6) is 0 Å². The van der Waals surface area contributed by atoms with Crippen molar-refractivity contribution in [1.82, 2.24) is 10.2 Å². The average molecular weight is 417 g/mol. The van der Waals surface area contributed by atoms with Gasteiger partial charge < -0.3 is 15.4 Å². The molecule has 1 aliphatic heterocycles. The second-order valence-electron chi connectivity index (χ2n) is 7.48. The Kier molecular flexibility index (Phi) is 7.31. The fourth-order valence-corrected chi connectivity index (χ4v) is 3.14. The van der Waals surface area contributed by atoms with Gasteiger partial charge in [0, 0.05) is 5.56 Å². The number of unbranched alkanes of at least 4 members (excludes halogenated alkanes) is 1. The summed E-state index contributed by atoms with van der Waals surface area (Å²) in [4.78, 5) is 61.7. The van der Waals surface area contributed by atoms with Crippen LogP contribution in [0.25, 0.3) is 0 Å². The third kappa shape index (κ3) is 5.22. The molecule has 0 aromatic heterocycles. The Morgan fingerprint density at radius 1 is 1.23 bits per heavy atom. The van der Waals surface area contributed by atoms with Crippen LogP contribution in [0, 0.1) is 0 Å². The van der Waals surface area contributed by atoms with Crippen molar-refractivity contribution in [2.75, 3.05) is 11.9 Å². The van der Waals surface area contributed by atoms with E-state index in [4.69, 9.17) is 4.74 Å². The molecule has 1 fully saturated rings. The molecule has 0 spiro atoms. The first kappa shape index (κ1) is 23.1. The molecule has 1 heterocycles. The molecule has 0 bridgehead atoms. The quantitative estimate of drug-likeness (QED) is 0.361. The minimum atomic E-state index is -1.19. The highest BCUT2D eigenvalue weighted by atomic mass is 16.5. The lowest BCUT2D eigenvalue weighted by Crippen LogP contribution is -2.44. The third-order valence-electron chi connectivity index (χ3n) is 4.90. The van der Waals surface area contributed by atoms with E-state index in [2.05, 4.69) is 10.6 Å². The van der Waals surface area contributed by atoms with Crippen LogP contribution < -0.4 is 10.6 Å². The summed E-state index contributed by atoms with van der Waals surface area (Å²) in [6, 6.07) is 5.80. The Balaban J connectivity index is 1.96. The molecular weight excluding hydrogens is 390 g/mol. The van der Waals surface area contributed by atoms with Crippen molar-refractivity contribution in [3.05, 3.63) is 29.8 Å². The summed E-state index contributed by atoms with van der Waals surface area (Å²) in [5.74, 6) is -2.24. The fraction of sp³-hybridized carbons (Fsp3) is 0.476. The first-order chi connectivity index (χ1) is 14.1. The van der Waals surface area contributed by atoms with Gasteiger partial charge in [-0.15, -0.1) is 0 Å². The summed E-state index contributed by atoms with van der Waals surface area (Å²) in [6.07, 6.45) is 0.887. The van der Waals surface area contributed by atoms with Crippen molar-refractivity contribution in [3.63, 3.8) is 0 Å². The van der Waals surface area contributed by atoms with Gasteiger partial charge in [0.15, 0.2) is 11.9 Å². The summed E-state index contributed by atoms with van der Waals surface area (Å²) in [5.41, 5.74) is -0.416. The van der Waals surface area contributed by atoms with Gasteiger partial charge in [0.1, 0.15) is 12.1 Å². The van der Waals surface area contributed by atoms with Crippen molar-refractivity contribution in [2.45, 2.75) is 58.6 Å². The van der Waals surface area contributed by atoms with Crippen LogP contribution in [-0.4, -0.2) is 52.7 Å². The number of anilines is 1. The van der Waals surface area contributed by atoms with Crippen molar-refractivity contribution in [2.24, 2.45) is 0 Å². The van der Waals surface area contributed by atoms with E-state index in [9.17, 15) is 24.0 Å². The van der Waals surface area contributed by atoms with E-state index in [1.54, 1.807) is 31.2 Å². The van der Waals surface area contributed by atoms with Crippen LogP contribution in [0.1, 0.15) is 57.3 Å². The number of benzene rings is 1. The molecule has 1 aliphatic rings. The Hall–Kier alpha value is -3.23. The van der Waals surface area contributed by atoms with Crippen LogP contribution >= 0.6 is 0 Å². The number of ketones is 1. The molecule has 0 saturated carbocycles. The van der Waals surface area contributed by atoms with Gasteiger partial charge in [-0.2, -0.15) is 0 Å². The lowest BCUT2D eigenvalue weighted by atomic mass is 9.95. The zero-order chi connectivity index (χ0) is 22.5. The molecule has 4 amide bonds. The molecule has 2 atom stereocenters. The zero-order valence-electron chi connectivity index (χ0n) is 17.6. The summed E-state index contributed by atoms with van der Waals surface area (Å²) in [6.45, 7) is 5.74. The predicted molar refractivity (Wildman–Crippen MR) is 109 cm³/mol. The number of urea groups is 1. The molecule has 0 radical (unpaired) electrons. The lowest BCUT2D eigenvalue weighted by molar-refractivity contribution is -0.155. The standard InChI is InChI=1S/C21H27N3O6/c1-5-6-11-21(4)19(28)24(20(29)23-21)12-17(26)30-14(3)18(27)22-16-10-8-7-9-15(16)13(2)25/h7-10,14H,5-6,11-12H2,1-4H3,(H,22,27)(H,23,29)/t14-,21-/m0/s1. The Morgan fingerprint density at radius 3 is 2.53 bits per heavy atom. The van der Waals surface area contributed by atoms with E-state index >= 15 is 0 Å². The summed E-state index contributed by atoms with van der Waals surface area (Å²) >= 11 is 0. The zero-order valence-corrected chi connectivity index (χ0v) is 17.6. The number of nitrogens with zero attached hydrogens (tertiary/aromatic N) is 1. The number of nitrogens with one attached hydrogen (secondary N) is 2. The topological polar surface area (TPSA) is 122 Å². The Labute approximate surface area is 175 Å². The maximum absolute atomic E-state index is 12.6. The highest BCUT2D eigenvalue weighted by Crippen LogP contribution is 2.23. The van der Waals surface area contributed by atoms with E-state index in [1.165, 1.54) is 13.8 Å². The number of esters is 1. The van der Waals surface area contributed by atoms with E-state index in [1.807, 2.05) is 6.92 Å². The summed E-state index contributed by atoms with van der Waals surface area (Å²) in [7, 11) is 0. The first-order valence-electron chi connectivity index (χ1n) is 9.83. The maximum Gasteiger partial charge on any atom is 0.327 e. The largest absolute Gasteiger partial charge is 0.451 e. The van der Waals surface area contributed by atoms with Crippen molar-refractivity contribution in [3.8, 4) is 0 Å². The molecule has 0 unspecified atom stereocenters. The summed E-state index contributed by atoms with van der Waals surface area (Å²) in [5, 5.41) is 5.16. The van der Waals surface area contributed by atoms with Crippen LogP contribution in [0.4, 0.5) is 10.5 Å². The number of carbonyl (C=O) groups is 5. The third-order valence-corrected chi connectivity index (χ3v) is 4.90. The monoisotopic (exact) mass is 417 g/mol. The molecule has 0 aliphatic carbocycles.